The van der Waals surface area contributed by atoms with Gasteiger partial charge in [0.2, 0.25) is 5.89 Å². The minimum Gasteiger partial charge on any atom is -0.436 e. The Balaban J connectivity index is 1.53. The minimum atomic E-state index is -0.302. The van der Waals surface area contributed by atoms with Crippen LogP contribution in [0, 0.1) is 0 Å². The van der Waals surface area contributed by atoms with Crippen molar-refractivity contribution in [1.29, 1.82) is 0 Å². The molecule has 152 valence electrons. The van der Waals surface area contributed by atoms with Crippen LogP contribution in [-0.2, 0) is 0 Å². The number of hydrogen-bond donors (Lipinski definition) is 1. The third-order valence-corrected chi connectivity index (χ3v) is 5.71. The van der Waals surface area contributed by atoms with Crippen molar-refractivity contribution in [3.05, 3.63) is 81.8 Å². The number of benzene rings is 3. The van der Waals surface area contributed by atoms with Gasteiger partial charge in [-0.3, -0.25) is 4.79 Å². The lowest BCUT2D eigenvalue weighted by atomic mass is 9.98. The number of anilines is 1. The average Bonchev–Trinajstić information content (AvgIpc) is 3.17. The van der Waals surface area contributed by atoms with E-state index in [2.05, 4.69) is 36.3 Å². The van der Waals surface area contributed by atoms with E-state index in [-0.39, 0.29) is 5.91 Å². The van der Waals surface area contributed by atoms with Gasteiger partial charge in [-0.25, -0.2) is 4.98 Å². The average molecular weight is 439 g/mol. The lowest BCUT2D eigenvalue weighted by Gasteiger charge is -2.07. The van der Waals surface area contributed by atoms with Crippen molar-refractivity contribution in [2.45, 2.75) is 26.2 Å². The summed E-state index contributed by atoms with van der Waals surface area (Å²) in [7, 11) is 0. The standard InChI is InChI=1S/C24H20Cl2N2O2/c1-3-14(2)16-6-11-22-21(12-16)28-24(30-22)15-4-8-18(9-5-15)27-23(29)19-10-7-17(25)13-20(19)26/h4-14H,3H2,1-2H3,(H,27,29)/t14-/m0/s1. The molecule has 3 aromatic carbocycles. The SMILES string of the molecule is CC[C@H](C)c1ccc2oc(-c3ccc(NC(=O)c4ccc(Cl)cc4Cl)cc3)nc2c1. The molecule has 30 heavy (non-hydrogen) atoms. The Bertz CT molecular complexity index is 1220. The van der Waals surface area contributed by atoms with Gasteiger partial charge < -0.3 is 9.73 Å². The zero-order chi connectivity index (χ0) is 21.3. The number of aromatic nitrogens is 1. The molecule has 1 heterocycles. The van der Waals surface area contributed by atoms with E-state index in [0.717, 1.165) is 23.1 Å². The molecule has 0 bridgehead atoms. The Morgan fingerprint density at radius 2 is 1.83 bits per heavy atom. The van der Waals surface area contributed by atoms with Gasteiger partial charge in [-0.05, 0) is 72.5 Å². The number of nitrogens with one attached hydrogen (secondary N) is 1. The molecule has 0 aliphatic carbocycles. The van der Waals surface area contributed by atoms with Crippen LogP contribution in [0.1, 0.15) is 42.1 Å². The van der Waals surface area contributed by atoms with E-state index in [1.54, 1.807) is 30.3 Å². The Labute approximate surface area is 184 Å². The van der Waals surface area contributed by atoms with Gasteiger partial charge in [0, 0.05) is 16.3 Å². The first-order valence-electron chi connectivity index (χ1n) is 9.72. The van der Waals surface area contributed by atoms with Crippen molar-refractivity contribution in [3.8, 4) is 11.5 Å². The van der Waals surface area contributed by atoms with Gasteiger partial charge in [0.25, 0.3) is 5.91 Å². The van der Waals surface area contributed by atoms with E-state index in [0.29, 0.717) is 33.1 Å². The predicted octanol–water partition coefficient (Wildman–Crippen LogP) is 7.57. The lowest BCUT2D eigenvalue weighted by molar-refractivity contribution is 0.102. The molecule has 0 saturated carbocycles. The first-order valence-corrected chi connectivity index (χ1v) is 10.5. The van der Waals surface area contributed by atoms with E-state index >= 15 is 0 Å². The van der Waals surface area contributed by atoms with E-state index in [9.17, 15) is 4.79 Å². The van der Waals surface area contributed by atoms with Gasteiger partial charge in [-0.15, -0.1) is 0 Å². The Kier molecular flexibility index (Phi) is 5.80. The summed E-state index contributed by atoms with van der Waals surface area (Å²) in [5, 5.41) is 3.62. The summed E-state index contributed by atoms with van der Waals surface area (Å²) in [6.45, 7) is 4.37. The van der Waals surface area contributed by atoms with Crippen LogP contribution >= 0.6 is 23.2 Å². The Morgan fingerprint density at radius 1 is 1.07 bits per heavy atom. The maximum atomic E-state index is 12.5. The van der Waals surface area contributed by atoms with Crippen LogP contribution in [0.2, 0.25) is 10.0 Å². The van der Waals surface area contributed by atoms with Crippen LogP contribution in [-0.4, -0.2) is 10.9 Å². The summed E-state index contributed by atoms with van der Waals surface area (Å²) in [5.41, 5.74) is 4.69. The van der Waals surface area contributed by atoms with Crippen LogP contribution < -0.4 is 5.32 Å². The number of nitrogens with zero attached hydrogens (tertiary/aromatic N) is 1. The molecule has 0 spiro atoms. The van der Waals surface area contributed by atoms with Crippen LogP contribution in [0.25, 0.3) is 22.6 Å². The number of rotatable bonds is 5. The highest BCUT2D eigenvalue weighted by atomic mass is 35.5. The number of fused-ring (bicyclic) bond motifs is 1. The fourth-order valence-corrected chi connectivity index (χ4v) is 3.67. The van der Waals surface area contributed by atoms with Crippen LogP contribution in [0.15, 0.2) is 65.1 Å². The van der Waals surface area contributed by atoms with Crippen LogP contribution in [0.3, 0.4) is 0 Å². The molecule has 1 aromatic heterocycles. The molecule has 6 heteroatoms. The number of halogens is 2. The van der Waals surface area contributed by atoms with E-state index in [4.69, 9.17) is 27.6 Å². The first kappa shape index (κ1) is 20.5. The second-order valence-corrected chi connectivity index (χ2v) is 8.05. The summed E-state index contributed by atoms with van der Waals surface area (Å²) in [5.74, 6) is 0.723. The highest BCUT2D eigenvalue weighted by Crippen LogP contribution is 2.29. The highest BCUT2D eigenvalue weighted by molar-refractivity contribution is 6.37. The first-order chi connectivity index (χ1) is 14.4. The van der Waals surface area contributed by atoms with Gasteiger partial charge in [0.05, 0.1) is 10.6 Å². The van der Waals surface area contributed by atoms with Crippen molar-refractivity contribution in [1.82, 2.24) is 4.98 Å². The number of carbonyl (C=O) groups is 1. The fourth-order valence-electron chi connectivity index (χ4n) is 3.18. The molecule has 0 unspecified atom stereocenters. The largest absolute Gasteiger partial charge is 0.436 e. The second-order valence-electron chi connectivity index (χ2n) is 7.21. The van der Waals surface area contributed by atoms with Crippen LogP contribution in [0.4, 0.5) is 5.69 Å². The summed E-state index contributed by atoms with van der Waals surface area (Å²) < 4.78 is 5.91. The molecule has 1 atom stereocenters. The Morgan fingerprint density at radius 3 is 2.53 bits per heavy atom. The van der Waals surface area contributed by atoms with Crippen molar-refractivity contribution >= 4 is 45.9 Å². The molecular weight excluding hydrogens is 419 g/mol. The van der Waals surface area contributed by atoms with Crippen LogP contribution in [0.5, 0.6) is 0 Å². The molecule has 0 aliphatic heterocycles. The molecular formula is C24H20Cl2N2O2. The molecule has 0 saturated heterocycles. The molecule has 4 nitrogen and oxygen atoms in total. The lowest BCUT2D eigenvalue weighted by Crippen LogP contribution is -2.12. The van der Waals surface area contributed by atoms with Gasteiger partial charge >= 0.3 is 0 Å². The number of hydrogen-bond acceptors (Lipinski definition) is 3. The molecule has 0 aliphatic rings. The summed E-state index contributed by atoms with van der Waals surface area (Å²) in [4.78, 5) is 17.1. The van der Waals surface area contributed by atoms with Gasteiger partial charge in [0.15, 0.2) is 5.58 Å². The molecule has 0 radical (unpaired) electrons. The summed E-state index contributed by atoms with van der Waals surface area (Å²) in [6.07, 6.45) is 1.07. The third-order valence-electron chi connectivity index (χ3n) is 5.16. The maximum Gasteiger partial charge on any atom is 0.257 e. The van der Waals surface area contributed by atoms with E-state index < -0.39 is 0 Å². The van der Waals surface area contributed by atoms with Gasteiger partial charge in [-0.2, -0.15) is 0 Å². The monoisotopic (exact) mass is 438 g/mol. The summed E-state index contributed by atoms with van der Waals surface area (Å²) in [6, 6.07) is 18.2. The van der Waals surface area contributed by atoms with Crippen molar-refractivity contribution in [3.63, 3.8) is 0 Å². The topological polar surface area (TPSA) is 55.1 Å². The third kappa shape index (κ3) is 4.20. The molecule has 4 rings (SSSR count). The maximum absolute atomic E-state index is 12.5. The zero-order valence-corrected chi connectivity index (χ0v) is 18.1. The van der Waals surface area contributed by atoms with E-state index in [1.165, 1.54) is 5.56 Å². The fraction of sp³-hybridized carbons (Fsp3) is 0.167. The smallest absolute Gasteiger partial charge is 0.257 e. The Hall–Kier alpha value is -2.82. The van der Waals surface area contributed by atoms with Gasteiger partial charge in [-0.1, -0.05) is 43.1 Å². The van der Waals surface area contributed by atoms with E-state index in [1.807, 2.05) is 18.2 Å². The van der Waals surface area contributed by atoms with Crippen molar-refractivity contribution in [2.24, 2.45) is 0 Å². The van der Waals surface area contributed by atoms with Gasteiger partial charge in [0.1, 0.15) is 5.52 Å². The molecule has 1 amide bonds. The minimum absolute atomic E-state index is 0.302. The molecule has 1 N–H and O–H groups in total. The van der Waals surface area contributed by atoms with Crippen molar-refractivity contribution in [2.75, 3.05) is 5.32 Å². The number of amides is 1. The van der Waals surface area contributed by atoms with Crippen molar-refractivity contribution < 1.29 is 9.21 Å². The second kappa shape index (κ2) is 8.50. The number of oxazole rings is 1. The predicted molar refractivity (Wildman–Crippen MR) is 123 cm³/mol. The number of carbonyl (C=O) groups excluding carboxylic acids is 1. The zero-order valence-electron chi connectivity index (χ0n) is 16.6. The summed E-state index contributed by atoms with van der Waals surface area (Å²) >= 11 is 12.0. The normalized spacial score (nSPS) is 12.1. The molecule has 4 aromatic rings. The highest BCUT2D eigenvalue weighted by Gasteiger charge is 2.13. The molecule has 0 fully saturated rings. The quantitative estimate of drug-likeness (QED) is 0.349.